The number of carbonyl (C=O) groups excluding carboxylic acids is 2. The van der Waals surface area contributed by atoms with Gasteiger partial charge in [0.1, 0.15) is 5.75 Å². The molecular formula is C27H29N3O4S. The molecular weight excluding hydrogens is 462 g/mol. The van der Waals surface area contributed by atoms with Gasteiger partial charge in [-0.25, -0.2) is 9.79 Å². The molecule has 1 N–H and O–H groups in total. The summed E-state index contributed by atoms with van der Waals surface area (Å²) in [5.74, 6) is 0.151. The second-order valence-electron chi connectivity index (χ2n) is 8.41. The van der Waals surface area contributed by atoms with E-state index in [0.29, 0.717) is 23.4 Å². The number of nitrogens with one attached hydrogen (secondary N) is 1. The van der Waals surface area contributed by atoms with Gasteiger partial charge in [-0.3, -0.25) is 4.79 Å². The summed E-state index contributed by atoms with van der Waals surface area (Å²) < 4.78 is 10.4. The number of benzene rings is 2. The minimum atomic E-state index is -0.430. The zero-order chi connectivity index (χ0) is 25.1. The van der Waals surface area contributed by atoms with Crippen LogP contribution in [0.5, 0.6) is 5.75 Å². The number of anilines is 1. The molecule has 4 rings (SSSR count). The van der Waals surface area contributed by atoms with E-state index in [0.717, 1.165) is 33.3 Å². The maximum absolute atomic E-state index is 13.0. The van der Waals surface area contributed by atoms with Crippen LogP contribution >= 0.6 is 11.8 Å². The Labute approximate surface area is 209 Å². The number of carbonyl (C=O) groups is 2. The van der Waals surface area contributed by atoms with Crippen molar-refractivity contribution in [1.82, 2.24) is 4.90 Å². The van der Waals surface area contributed by atoms with Crippen LogP contribution in [0.3, 0.4) is 0 Å². The Bertz CT molecular complexity index is 1250. The van der Waals surface area contributed by atoms with Gasteiger partial charge in [-0.2, -0.15) is 0 Å². The van der Waals surface area contributed by atoms with Gasteiger partial charge in [-0.15, -0.1) is 0 Å². The molecule has 2 aromatic carbocycles. The van der Waals surface area contributed by atoms with Gasteiger partial charge in [-0.1, -0.05) is 42.4 Å². The van der Waals surface area contributed by atoms with Crippen molar-refractivity contribution < 1.29 is 19.1 Å². The van der Waals surface area contributed by atoms with Gasteiger partial charge in [0.2, 0.25) is 5.91 Å². The van der Waals surface area contributed by atoms with Crippen molar-refractivity contribution in [3.63, 3.8) is 0 Å². The van der Waals surface area contributed by atoms with Crippen molar-refractivity contribution in [1.29, 1.82) is 0 Å². The highest BCUT2D eigenvalue weighted by Gasteiger charge is 2.42. The number of thioether (sulfide) groups is 1. The first-order valence-electron chi connectivity index (χ1n) is 11.4. The Morgan fingerprint density at radius 3 is 2.49 bits per heavy atom. The number of fused-ring (bicyclic) bond motifs is 1. The van der Waals surface area contributed by atoms with Crippen molar-refractivity contribution in [2.75, 3.05) is 19.5 Å². The molecule has 0 aliphatic carbocycles. The second-order valence-corrected chi connectivity index (χ2v) is 9.25. The molecule has 2 aliphatic heterocycles. The van der Waals surface area contributed by atoms with Crippen LogP contribution in [0, 0.1) is 13.8 Å². The average molecular weight is 492 g/mol. The fraction of sp³-hybridized carbons (Fsp3) is 0.296. The van der Waals surface area contributed by atoms with Gasteiger partial charge in [0.15, 0.2) is 5.17 Å². The zero-order valence-corrected chi connectivity index (χ0v) is 21.4. The standard InChI is InChI=1S/C27H29N3O4S/c1-6-22-24(26(32)34-5)25(21-12-7-16(2)13-17(21)3)30-19(15-35-27(30)29-22)14-23(31)28-18-8-10-20(33-4)11-9-18/h7-13,15,25H,6,14H2,1-5H3,(H,28,31). The van der Waals surface area contributed by atoms with E-state index in [2.05, 4.69) is 11.4 Å². The smallest absolute Gasteiger partial charge is 0.338 e. The highest BCUT2D eigenvalue weighted by atomic mass is 32.2. The topological polar surface area (TPSA) is 80.2 Å². The molecule has 2 heterocycles. The van der Waals surface area contributed by atoms with E-state index >= 15 is 0 Å². The van der Waals surface area contributed by atoms with E-state index in [1.54, 1.807) is 31.4 Å². The highest BCUT2D eigenvalue weighted by molar-refractivity contribution is 8.16. The second kappa shape index (κ2) is 10.4. The van der Waals surface area contributed by atoms with Crippen LogP contribution in [0.25, 0.3) is 0 Å². The fourth-order valence-corrected chi connectivity index (χ4v) is 5.32. The third-order valence-electron chi connectivity index (χ3n) is 6.06. The molecule has 1 amide bonds. The van der Waals surface area contributed by atoms with Crippen LogP contribution in [0.1, 0.15) is 42.5 Å². The van der Waals surface area contributed by atoms with Crippen molar-refractivity contribution >= 4 is 34.5 Å². The highest BCUT2D eigenvalue weighted by Crippen LogP contribution is 2.46. The fourth-order valence-electron chi connectivity index (χ4n) is 4.38. The van der Waals surface area contributed by atoms with E-state index in [1.165, 1.54) is 18.9 Å². The summed E-state index contributed by atoms with van der Waals surface area (Å²) in [5, 5.41) is 5.64. The molecule has 0 fully saturated rings. The summed E-state index contributed by atoms with van der Waals surface area (Å²) in [6.07, 6.45) is 0.729. The number of hydrogen-bond acceptors (Lipinski definition) is 7. The van der Waals surface area contributed by atoms with Crippen LogP contribution in [0.15, 0.2) is 69.8 Å². The van der Waals surface area contributed by atoms with Crippen LogP contribution in [0.4, 0.5) is 5.69 Å². The lowest BCUT2D eigenvalue weighted by molar-refractivity contribution is -0.136. The molecule has 7 nitrogen and oxygen atoms in total. The van der Waals surface area contributed by atoms with E-state index < -0.39 is 12.0 Å². The molecule has 0 saturated heterocycles. The summed E-state index contributed by atoms with van der Waals surface area (Å²) in [6, 6.07) is 12.9. The maximum Gasteiger partial charge on any atom is 0.338 e. The van der Waals surface area contributed by atoms with E-state index in [-0.39, 0.29) is 12.3 Å². The van der Waals surface area contributed by atoms with Crippen LogP contribution < -0.4 is 10.1 Å². The number of esters is 1. The number of allylic oxidation sites excluding steroid dienone is 1. The lowest BCUT2D eigenvalue weighted by Crippen LogP contribution is -2.38. The predicted octanol–water partition coefficient (Wildman–Crippen LogP) is 5.48. The Hall–Kier alpha value is -3.52. The molecule has 0 radical (unpaired) electrons. The SMILES string of the molecule is CCC1=C(C(=O)OC)C(c2ccc(C)cc2C)N2C(CC(=O)Nc3ccc(OC)cc3)=CSC2=N1. The lowest BCUT2D eigenvalue weighted by atomic mass is 9.89. The average Bonchev–Trinajstić information content (AvgIpc) is 3.25. The number of aryl methyl sites for hydroxylation is 2. The monoisotopic (exact) mass is 491 g/mol. The van der Waals surface area contributed by atoms with Crippen molar-refractivity contribution in [2.45, 2.75) is 39.7 Å². The Balaban J connectivity index is 1.68. The summed E-state index contributed by atoms with van der Waals surface area (Å²) in [5.41, 5.74) is 5.86. The van der Waals surface area contributed by atoms with Crippen molar-refractivity contribution in [3.05, 3.63) is 81.5 Å². The number of methoxy groups -OCH3 is 2. The maximum atomic E-state index is 13.0. The molecule has 2 aliphatic rings. The molecule has 2 aromatic rings. The minimum Gasteiger partial charge on any atom is -0.497 e. The molecule has 182 valence electrons. The van der Waals surface area contributed by atoms with Gasteiger partial charge >= 0.3 is 5.97 Å². The van der Waals surface area contributed by atoms with E-state index in [1.807, 2.05) is 43.2 Å². The molecule has 0 bridgehead atoms. The Morgan fingerprint density at radius 1 is 1.11 bits per heavy atom. The predicted molar refractivity (Wildman–Crippen MR) is 139 cm³/mol. The lowest BCUT2D eigenvalue weighted by Gasteiger charge is -2.37. The number of amidine groups is 1. The number of amides is 1. The van der Waals surface area contributed by atoms with Gasteiger partial charge in [0, 0.05) is 11.4 Å². The van der Waals surface area contributed by atoms with Crippen LogP contribution in [0.2, 0.25) is 0 Å². The summed E-state index contributed by atoms with van der Waals surface area (Å²) in [6.45, 7) is 6.06. The van der Waals surface area contributed by atoms with E-state index in [4.69, 9.17) is 14.5 Å². The summed E-state index contributed by atoms with van der Waals surface area (Å²) >= 11 is 1.47. The minimum absolute atomic E-state index is 0.134. The molecule has 8 heteroatoms. The number of aliphatic imine (C=N–C) groups is 1. The number of hydrogen-bond donors (Lipinski definition) is 1. The normalized spacial score (nSPS) is 16.9. The first-order valence-corrected chi connectivity index (χ1v) is 12.3. The third kappa shape index (κ3) is 4.98. The van der Waals surface area contributed by atoms with Crippen molar-refractivity contribution in [3.8, 4) is 5.75 Å². The molecule has 0 spiro atoms. The largest absolute Gasteiger partial charge is 0.497 e. The number of ether oxygens (including phenoxy) is 2. The van der Waals surface area contributed by atoms with Gasteiger partial charge < -0.3 is 19.7 Å². The van der Waals surface area contributed by atoms with Gasteiger partial charge in [0.05, 0.1) is 38.0 Å². The number of nitrogens with zero attached hydrogens (tertiary/aromatic N) is 2. The molecule has 1 unspecified atom stereocenters. The summed E-state index contributed by atoms with van der Waals surface area (Å²) in [4.78, 5) is 32.8. The Morgan fingerprint density at radius 2 is 1.86 bits per heavy atom. The quantitative estimate of drug-likeness (QED) is 0.517. The van der Waals surface area contributed by atoms with Crippen LogP contribution in [-0.4, -0.2) is 36.2 Å². The molecule has 35 heavy (non-hydrogen) atoms. The Kier molecular flexibility index (Phi) is 7.31. The zero-order valence-electron chi connectivity index (χ0n) is 20.5. The van der Waals surface area contributed by atoms with Crippen molar-refractivity contribution in [2.24, 2.45) is 4.99 Å². The van der Waals surface area contributed by atoms with E-state index in [9.17, 15) is 9.59 Å². The van der Waals surface area contributed by atoms with Crippen LogP contribution in [-0.2, 0) is 14.3 Å². The summed E-state index contributed by atoms with van der Waals surface area (Å²) in [7, 11) is 2.99. The van der Waals surface area contributed by atoms with Gasteiger partial charge in [0.25, 0.3) is 0 Å². The molecule has 0 aromatic heterocycles. The first kappa shape index (κ1) is 24.6. The molecule has 1 atom stereocenters. The first-order chi connectivity index (χ1) is 16.9. The molecule has 0 saturated carbocycles. The third-order valence-corrected chi connectivity index (χ3v) is 6.95. The van der Waals surface area contributed by atoms with Gasteiger partial charge in [-0.05, 0) is 61.1 Å². The number of rotatable bonds is 7.